The molecule has 2 aromatic carbocycles. The van der Waals surface area contributed by atoms with Crippen molar-refractivity contribution in [2.75, 3.05) is 7.11 Å². The molecule has 1 heterocycles. The standard InChI is InChI=1S/C25H24FN3O2/c1-27-21-13-10-18(15-20(21)26)24-23(17-8-11-19(31-3)12-9-17)25(30)29(2)22(28-24)14-7-16-5-4-6-16/h8-13,15-16H,4-7,14H2,2-3H3. The summed E-state index contributed by atoms with van der Waals surface area (Å²) in [5.74, 6) is 1.45. The van der Waals surface area contributed by atoms with Crippen LogP contribution in [0.15, 0.2) is 47.3 Å². The molecule has 158 valence electrons. The third-order valence-corrected chi connectivity index (χ3v) is 6.10. The maximum absolute atomic E-state index is 14.4. The van der Waals surface area contributed by atoms with Gasteiger partial charge in [0.05, 0.1) is 24.9 Å². The molecule has 0 saturated heterocycles. The van der Waals surface area contributed by atoms with Gasteiger partial charge in [0, 0.05) is 19.0 Å². The summed E-state index contributed by atoms with van der Waals surface area (Å²) in [6.45, 7) is 7.09. The van der Waals surface area contributed by atoms with E-state index in [0.29, 0.717) is 46.3 Å². The van der Waals surface area contributed by atoms with Crippen LogP contribution >= 0.6 is 0 Å². The van der Waals surface area contributed by atoms with Crippen LogP contribution in [0.5, 0.6) is 5.75 Å². The lowest BCUT2D eigenvalue weighted by Crippen LogP contribution is -2.26. The zero-order valence-corrected chi connectivity index (χ0v) is 17.7. The van der Waals surface area contributed by atoms with Gasteiger partial charge in [-0.15, -0.1) is 0 Å². The predicted molar refractivity (Wildman–Crippen MR) is 119 cm³/mol. The van der Waals surface area contributed by atoms with Gasteiger partial charge in [-0.25, -0.2) is 14.2 Å². The Morgan fingerprint density at radius 1 is 1.19 bits per heavy atom. The molecule has 6 heteroatoms. The number of ether oxygens (including phenoxy) is 1. The maximum atomic E-state index is 14.4. The molecule has 4 rings (SSSR count). The number of hydrogen-bond donors (Lipinski definition) is 0. The first-order valence-corrected chi connectivity index (χ1v) is 10.4. The lowest BCUT2D eigenvalue weighted by Gasteiger charge is -2.25. The van der Waals surface area contributed by atoms with Crippen molar-refractivity contribution >= 4 is 5.69 Å². The fourth-order valence-electron chi connectivity index (χ4n) is 3.96. The summed E-state index contributed by atoms with van der Waals surface area (Å²) in [6, 6.07) is 11.6. The molecule has 0 atom stereocenters. The van der Waals surface area contributed by atoms with Crippen LogP contribution in [0.3, 0.4) is 0 Å². The number of nitrogens with zero attached hydrogens (tertiary/aromatic N) is 3. The number of methoxy groups -OCH3 is 1. The Hall–Kier alpha value is -3.46. The summed E-state index contributed by atoms with van der Waals surface area (Å²) < 4.78 is 21.2. The van der Waals surface area contributed by atoms with E-state index in [1.807, 2.05) is 0 Å². The largest absolute Gasteiger partial charge is 0.497 e. The van der Waals surface area contributed by atoms with Crippen LogP contribution in [0.2, 0.25) is 0 Å². The Kier molecular flexibility index (Phi) is 5.85. The lowest BCUT2D eigenvalue weighted by molar-refractivity contribution is 0.293. The van der Waals surface area contributed by atoms with Gasteiger partial charge in [-0.2, -0.15) is 0 Å². The average molecular weight is 417 g/mol. The van der Waals surface area contributed by atoms with Crippen molar-refractivity contribution in [3.8, 4) is 28.1 Å². The van der Waals surface area contributed by atoms with Crippen molar-refractivity contribution in [1.29, 1.82) is 0 Å². The quantitative estimate of drug-likeness (QED) is 0.495. The molecule has 1 fully saturated rings. The number of aryl methyl sites for hydroxylation is 1. The molecule has 1 saturated carbocycles. The second kappa shape index (κ2) is 8.73. The minimum Gasteiger partial charge on any atom is -0.497 e. The Labute approximate surface area is 181 Å². The van der Waals surface area contributed by atoms with E-state index in [2.05, 4.69) is 4.85 Å². The smallest absolute Gasteiger partial charge is 0.261 e. The molecule has 31 heavy (non-hydrogen) atoms. The Balaban J connectivity index is 1.87. The number of benzene rings is 2. The van der Waals surface area contributed by atoms with E-state index >= 15 is 0 Å². The zero-order valence-electron chi connectivity index (χ0n) is 17.7. The number of aromatic nitrogens is 2. The van der Waals surface area contributed by atoms with Crippen molar-refractivity contribution in [2.24, 2.45) is 13.0 Å². The summed E-state index contributed by atoms with van der Waals surface area (Å²) in [6.07, 6.45) is 5.43. The molecule has 0 spiro atoms. The first kappa shape index (κ1) is 20.8. The van der Waals surface area contributed by atoms with Crippen LogP contribution in [-0.4, -0.2) is 16.7 Å². The SMILES string of the molecule is [C-]#[N+]c1ccc(-c2nc(CCC3CCC3)n(C)c(=O)c2-c2ccc(OC)cc2)cc1F. The van der Waals surface area contributed by atoms with Gasteiger partial charge in [0.25, 0.3) is 5.56 Å². The van der Waals surface area contributed by atoms with E-state index in [-0.39, 0.29) is 11.2 Å². The van der Waals surface area contributed by atoms with Gasteiger partial charge in [-0.05, 0) is 36.1 Å². The summed E-state index contributed by atoms with van der Waals surface area (Å²) in [5, 5.41) is 0. The second-order valence-corrected chi connectivity index (χ2v) is 7.96. The minimum atomic E-state index is -0.619. The maximum Gasteiger partial charge on any atom is 0.261 e. The molecule has 5 nitrogen and oxygen atoms in total. The third-order valence-electron chi connectivity index (χ3n) is 6.10. The highest BCUT2D eigenvalue weighted by Gasteiger charge is 2.21. The van der Waals surface area contributed by atoms with Crippen molar-refractivity contribution in [3.63, 3.8) is 0 Å². The van der Waals surface area contributed by atoms with E-state index < -0.39 is 5.82 Å². The molecule has 1 aromatic heterocycles. The van der Waals surface area contributed by atoms with Gasteiger partial charge in [0.2, 0.25) is 5.69 Å². The highest BCUT2D eigenvalue weighted by atomic mass is 19.1. The van der Waals surface area contributed by atoms with Gasteiger partial charge < -0.3 is 4.74 Å². The zero-order chi connectivity index (χ0) is 22.0. The van der Waals surface area contributed by atoms with Crippen LogP contribution in [0.4, 0.5) is 10.1 Å². The van der Waals surface area contributed by atoms with E-state index in [9.17, 15) is 9.18 Å². The van der Waals surface area contributed by atoms with Crippen molar-refractivity contribution in [1.82, 2.24) is 9.55 Å². The Morgan fingerprint density at radius 3 is 2.48 bits per heavy atom. The fraction of sp³-hybridized carbons (Fsp3) is 0.320. The molecule has 0 unspecified atom stereocenters. The molecule has 0 amide bonds. The predicted octanol–water partition coefficient (Wildman–Crippen LogP) is 5.55. The fourth-order valence-corrected chi connectivity index (χ4v) is 3.96. The molecular weight excluding hydrogens is 393 g/mol. The van der Waals surface area contributed by atoms with Crippen LogP contribution in [0.1, 0.15) is 31.5 Å². The average Bonchev–Trinajstić information content (AvgIpc) is 2.75. The van der Waals surface area contributed by atoms with Crippen molar-refractivity contribution in [3.05, 3.63) is 75.9 Å². The van der Waals surface area contributed by atoms with Gasteiger partial charge in [-0.3, -0.25) is 9.36 Å². The summed E-state index contributed by atoms with van der Waals surface area (Å²) >= 11 is 0. The second-order valence-electron chi connectivity index (χ2n) is 7.96. The first-order valence-electron chi connectivity index (χ1n) is 10.4. The van der Waals surface area contributed by atoms with Crippen LogP contribution in [0, 0.1) is 18.3 Å². The van der Waals surface area contributed by atoms with Gasteiger partial charge in [0.15, 0.2) is 0 Å². The van der Waals surface area contributed by atoms with Gasteiger partial charge in [0.1, 0.15) is 17.4 Å². The molecule has 0 N–H and O–H groups in total. The Bertz CT molecular complexity index is 1210. The van der Waals surface area contributed by atoms with E-state index in [0.717, 1.165) is 6.42 Å². The molecule has 1 aliphatic rings. The van der Waals surface area contributed by atoms with Crippen LogP contribution in [0.25, 0.3) is 27.2 Å². The monoisotopic (exact) mass is 417 g/mol. The van der Waals surface area contributed by atoms with Gasteiger partial charge >= 0.3 is 0 Å². The van der Waals surface area contributed by atoms with Crippen molar-refractivity contribution in [2.45, 2.75) is 32.1 Å². The molecule has 0 bridgehead atoms. The number of halogens is 1. The highest BCUT2D eigenvalue weighted by Crippen LogP contribution is 2.33. The Morgan fingerprint density at radius 2 is 1.90 bits per heavy atom. The molecule has 3 aromatic rings. The summed E-state index contributed by atoms with van der Waals surface area (Å²) in [7, 11) is 3.32. The topological polar surface area (TPSA) is 48.5 Å². The molecular formula is C25H24FN3O2. The van der Waals surface area contributed by atoms with E-state index in [1.54, 1.807) is 49.1 Å². The highest BCUT2D eigenvalue weighted by molar-refractivity contribution is 5.81. The third kappa shape index (κ3) is 4.09. The molecule has 0 radical (unpaired) electrons. The summed E-state index contributed by atoms with van der Waals surface area (Å²) in [4.78, 5) is 21.5. The van der Waals surface area contributed by atoms with Crippen LogP contribution < -0.4 is 10.3 Å². The van der Waals surface area contributed by atoms with Gasteiger partial charge in [-0.1, -0.05) is 43.5 Å². The normalized spacial score (nSPS) is 13.5. The molecule has 1 aliphatic carbocycles. The summed E-state index contributed by atoms with van der Waals surface area (Å²) in [5.41, 5.74) is 1.79. The number of rotatable bonds is 6. The lowest BCUT2D eigenvalue weighted by atomic mass is 9.82. The number of hydrogen-bond acceptors (Lipinski definition) is 3. The van der Waals surface area contributed by atoms with Crippen LogP contribution in [-0.2, 0) is 13.5 Å². The minimum absolute atomic E-state index is 0.0520. The van der Waals surface area contributed by atoms with E-state index in [4.69, 9.17) is 16.3 Å². The van der Waals surface area contributed by atoms with Crippen molar-refractivity contribution < 1.29 is 9.13 Å². The van der Waals surface area contributed by atoms with E-state index in [1.165, 1.54) is 31.4 Å². The molecule has 0 aliphatic heterocycles. The first-order chi connectivity index (χ1) is 15.0.